The highest BCUT2D eigenvalue weighted by molar-refractivity contribution is 7.88. The smallest absolute Gasteiger partial charge is 0.251 e. The summed E-state index contributed by atoms with van der Waals surface area (Å²) in [5, 5.41) is 2.81. The van der Waals surface area contributed by atoms with E-state index in [1.165, 1.54) is 0 Å². The number of carbonyl (C=O) groups excluding carboxylic acids is 1. The van der Waals surface area contributed by atoms with Crippen LogP contribution in [0.2, 0.25) is 0 Å². The second kappa shape index (κ2) is 5.68. The molecule has 2 aromatic rings. The Morgan fingerprint density at radius 3 is 2.79 bits per heavy atom. The van der Waals surface area contributed by atoms with E-state index in [2.05, 4.69) is 10.3 Å². The van der Waals surface area contributed by atoms with Crippen molar-refractivity contribution in [2.75, 3.05) is 13.1 Å². The molecule has 1 aromatic heterocycles. The topological polar surface area (TPSA) is 79.4 Å². The van der Waals surface area contributed by atoms with Gasteiger partial charge in [0.15, 0.2) is 0 Å². The van der Waals surface area contributed by atoms with Gasteiger partial charge in [0.05, 0.1) is 11.8 Å². The van der Waals surface area contributed by atoms with Gasteiger partial charge in [-0.05, 0) is 41.3 Å². The number of nitrogens with zero attached hydrogens (tertiary/aromatic N) is 2. The van der Waals surface area contributed by atoms with Crippen LogP contribution in [0.25, 0.3) is 0 Å². The number of aromatic nitrogens is 1. The zero-order valence-electron chi connectivity index (χ0n) is 13.0. The molecule has 6 nitrogen and oxygen atoms in total. The fraction of sp³-hybridized carbons (Fsp3) is 0.294. The van der Waals surface area contributed by atoms with Crippen molar-refractivity contribution in [3.8, 4) is 0 Å². The summed E-state index contributed by atoms with van der Waals surface area (Å²) < 4.78 is 27.4. The Kier molecular flexibility index (Phi) is 3.62. The van der Waals surface area contributed by atoms with Gasteiger partial charge in [-0.1, -0.05) is 12.1 Å². The molecular formula is C17H17N3O3S. The van der Waals surface area contributed by atoms with Crippen LogP contribution in [0.15, 0.2) is 42.7 Å². The molecule has 1 aromatic carbocycles. The lowest BCUT2D eigenvalue weighted by Gasteiger charge is -2.39. The Bertz CT molecular complexity index is 897. The molecule has 1 amide bonds. The third kappa shape index (κ3) is 2.50. The first-order valence-corrected chi connectivity index (χ1v) is 9.45. The lowest BCUT2D eigenvalue weighted by atomic mass is 9.87. The van der Waals surface area contributed by atoms with Gasteiger partial charge in [-0.2, -0.15) is 4.31 Å². The molecule has 0 radical (unpaired) electrons. The molecule has 0 fully saturated rings. The zero-order valence-corrected chi connectivity index (χ0v) is 13.8. The Balaban J connectivity index is 1.72. The van der Waals surface area contributed by atoms with Crippen LogP contribution in [0.5, 0.6) is 0 Å². The number of amides is 1. The molecule has 0 spiro atoms. The lowest BCUT2D eigenvalue weighted by Crippen LogP contribution is -2.49. The molecule has 24 heavy (non-hydrogen) atoms. The molecule has 7 heteroatoms. The quantitative estimate of drug-likeness (QED) is 0.910. The summed E-state index contributed by atoms with van der Waals surface area (Å²) in [6, 6.07) is 8.70. The maximum atomic E-state index is 12.9. The molecule has 3 heterocycles. The first-order valence-electron chi connectivity index (χ1n) is 7.85. The lowest BCUT2D eigenvalue weighted by molar-refractivity contribution is 0.0923. The number of rotatable bonds is 3. The van der Waals surface area contributed by atoms with E-state index in [-0.39, 0.29) is 17.7 Å². The van der Waals surface area contributed by atoms with Crippen molar-refractivity contribution < 1.29 is 13.2 Å². The summed E-state index contributed by atoms with van der Waals surface area (Å²) in [6.07, 6.45) is 3.81. The van der Waals surface area contributed by atoms with Crippen LogP contribution in [-0.2, 0) is 22.2 Å². The summed E-state index contributed by atoms with van der Waals surface area (Å²) in [5.41, 5.74) is 3.24. The number of pyridine rings is 1. The minimum Gasteiger partial charge on any atom is -0.350 e. The monoisotopic (exact) mass is 343 g/mol. The number of hydrogen-bond donors (Lipinski definition) is 1. The molecule has 1 N–H and O–H groups in total. The Hall–Kier alpha value is -2.25. The van der Waals surface area contributed by atoms with Crippen molar-refractivity contribution in [2.45, 2.75) is 18.2 Å². The summed E-state index contributed by atoms with van der Waals surface area (Å²) >= 11 is 0. The Morgan fingerprint density at radius 1 is 1.21 bits per heavy atom. The van der Waals surface area contributed by atoms with Gasteiger partial charge in [0.1, 0.15) is 0 Å². The van der Waals surface area contributed by atoms with Crippen LogP contribution >= 0.6 is 0 Å². The number of hydrogen-bond acceptors (Lipinski definition) is 4. The van der Waals surface area contributed by atoms with E-state index in [0.717, 1.165) is 11.1 Å². The summed E-state index contributed by atoms with van der Waals surface area (Å²) in [5.74, 6) is -0.186. The van der Waals surface area contributed by atoms with E-state index in [9.17, 15) is 13.2 Å². The SMILES string of the molecule is O=C1NCC2c3c(cccc31)CCN2S(=O)(=O)Cc1ccncc1. The van der Waals surface area contributed by atoms with Crippen molar-refractivity contribution in [3.63, 3.8) is 0 Å². The second-order valence-corrected chi connectivity index (χ2v) is 8.00. The molecule has 0 saturated heterocycles. The van der Waals surface area contributed by atoms with Crippen molar-refractivity contribution in [2.24, 2.45) is 0 Å². The van der Waals surface area contributed by atoms with Gasteiger partial charge < -0.3 is 5.32 Å². The molecular weight excluding hydrogens is 326 g/mol. The van der Waals surface area contributed by atoms with Crippen molar-refractivity contribution >= 4 is 15.9 Å². The minimum atomic E-state index is -3.49. The van der Waals surface area contributed by atoms with Crippen LogP contribution < -0.4 is 5.32 Å². The molecule has 0 bridgehead atoms. The molecule has 1 unspecified atom stereocenters. The van der Waals surface area contributed by atoms with Crippen LogP contribution in [0.4, 0.5) is 0 Å². The third-order valence-corrected chi connectivity index (χ3v) is 6.48. The maximum absolute atomic E-state index is 12.9. The van der Waals surface area contributed by atoms with Gasteiger partial charge in [-0.3, -0.25) is 9.78 Å². The first kappa shape index (κ1) is 15.3. The van der Waals surface area contributed by atoms with E-state index in [1.54, 1.807) is 34.9 Å². The molecule has 2 aliphatic rings. The second-order valence-electron chi connectivity index (χ2n) is 6.08. The molecule has 2 aliphatic heterocycles. The number of carbonyl (C=O) groups is 1. The third-order valence-electron chi connectivity index (χ3n) is 4.64. The minimum absolute atomic E-state index is 0.0581. The van der Waals surface area contributed by atoms with E-state index in [1.807, 2.05) is 12.1 Å². The van der Waals surface area contributed by atoms with Crippen molar-refractivity contribution in [1.29, 1.82) is 0 Å². The fourth-order valence-electron chi connectivity index (χ4n) is 3.55. The predicted octanol–water partition coefficient (Wildman–Crippen LogP) is 1.25. The van der Waals surface area contributed by atoms with Gasteiger partial charge in [0.25, 0.3) is 5.91 Å². The highest BCUT2D eigenvalue weighted by atomic mass is 32.2. The predicted molar refractivity (Wildman–Crippen MR) is 88.8 cm³/mol. The maximum Gasteiger partial charge on any atom is 0.251 e. The van der Waals surface area contributed by atoms with Gasteiger partial charge in [0, 0.05) is 31.0 Å². The fourth-order valence-corrected chi connectivity index (χ4v) is 5.26. The summed E-state index contributed by atoms with van der Waals surface area (Å²) in [7, 11) is -3.49. The average molecular weight is 343 g/mol. The number of sulfonamides is 1. The summed E-state index contributed by atoms with van der Waals surface area (Å²) in [4.78, 5) is 16.0. The normalized spacial score (nSPS) is 20.3. The van der Waals surface area contributed by atoms with Gasteiger partial charge >= 0.3 is 0 Å². The van der Waals surface area contributed by atoms with E-state index >= 15 is 0 Å². The molecule has 0 aliphatic carbocycles. The molecule has 4 rings (SSSR count). The van der Waals surface area contributed by atoms with Crippen LogP contribution in [0.3, 0.4) is 0 Å². The van der Waals surface area contributed by atoms with Crippen LogP contribution in [-0.4, -0.2) is 36.7 Å². The first-order chi connectivity index (χ1) is 11.6. The van der Waals surface area contributed by atoms with Crippen LogP contribution in [0.1, 0.15) is 33.1 Å². The van der Waals surface area contributed by atoms with Gasteiger partial charge in [-0.25, -0.2) is 8.42 Å². The standard InChI is InChI=1S/C17H17N3O3S/c21-17-14-3-1-2-13-6-9-20(15(10-19-17)16(13)14)24(22,23)11-12-4-7-18-8-5-12/h1-5,7-8,15H,6,9-11H2,(H,19,21). The van der Waals surface area contributed by atoms with Crippen LogP contribution in [0, 0.1) is 0 Å². The van der Waals surface area contributed by atoms with Crippen molar-refractivity contribution in [1.82, 2.24) is 14.6 Å². The highest BCUT2D eigenvalue weighted by Crippen LogP contribution is 2.36. The van der Waals surface area contributed by atoms with E-state index < -0.39 is 10.0 Å². The van der Waals surface area contributed by atoms with Gasteiger partial charge in [-0.15, -0.1) is 0 Å². The molecule has 0 saturated carbocycles. The van der Waals surface area contributed by atoms with Gasteiger partial charge in [0.2, 0.25) is 10.0 Å². The van der Waals surface area contributed by atoms with E-state index in [4.69, 9.17) is 0 Å². The number of benzene rings is 1. The van der Waals surface area contributed by atoms with Crippen molar-refractivity contribution in [3.05, 3.63) is 65.0 Å². The van der Waals surface area contributed by atoms with E-state index in [0.29, 0.717) is 30.6 Å². The zero-order chi connectivity index (χ0) is 16.7. The largest absolute Gasteiger partial charge is 0.350 e. The Morgan fingerprint density at radius 2 is 2.00 bits per heavy atom. The molecule has 1 atom stereocenters. The summed E-state index contributed by atoms with van der Waals surface area (Å²) in [6.45, 7) is 0.753. The average Bonchev–Trinajstić information content (AvgIpc) is 2.58. The number of nitrogens with one attached hydrogen (secondary N) is 1. The Labute approximate surface area is 140 Å². The highest BCUT2D eigenvalue weighted by Gasteiger charge is 2.40. The molecule has 124 valence electrons.